The summed E-state index contributed by atoms with van der Waals surface area (Å²) in [5.74, 6) is 1.45. The van der Waals surface area contributed by atoms with Crippen LogP contribution in [0.15, 0.2) is 36.5 Å². The Kier molecular flexibility index (Phi) is 3.38. The zero-order valence-electron chi connectivity index (χ0n) is 12.2. The fraction of sp³-hybridized carbons (Fsp3) is 0.188. The van der Waals surface area contributed by atoms with Gasteiger partial charge in [0.1, 0.15) is 11.6 Å². The van der Waals surface area contributed by atoms with E-state index in [9.17, 15) is 4.79 Å². The van der Waals surface area contributed by atoms with E-state index in [0.717, 1.165) is 30.6 Å². The minimum Gasteiger partial charge on any atom is -0.367 e. The quantitative estimate of drug-likeness (QED) is 0.702. The van der Waals surface area contributed by atoms with Gasteiger partial charge in [-0.25, -0.2) is 4.98 Å². The molecule has 6 nitrogen and oxygen atoms in total. The van der Waals surface area contributed by atoms with E-state index in [1.54, 1.807) is 4.52 Å². The van der Waals surface area contributed by atoms with Crippen molar-refractivity contribution in [3.05, 3.63) is 47.1 Å². The number of hydrogen-bond acceptors (Lipinski definition) is 5. The normalized spacial score (nSPS) is 14.0. The summed E-state index contributed by atoms with van der Waals surface area (Å²) in [4.78, 5) is 15.7. The van der Waals surface area contributed by atoms with Gasteiger partial charge in [0, 0.05) is 22.8 Å². The number of hydrogen-bond donors (Lipinski definition) is 2. The van der Waals surface area contributed by atoms with Gasteiger partial charge in [-0.15, -0.1) is 0 Å². The monoisotopic (exact) mass is 327 g/mol. The number of carbonyl (C=O) groups excluding carboxylic acids is 1. The van der Waals surface area contributed by atoms with Crippen molar-refractivity contribution in [3.8, 4) is 0 Å². The topological polar surface area (TPSA) is 71.3 Å². The first-order valence-corrected chi connectivity index (χ1v) is 7.74. The molecule has 2 N–H and O–H groups in total. The molecule has 0 atom stereocenters. The number of halogens is 1. The molecule has 0 radical (unpaired) electrons. The minimum absolute atomic E-state index is 0.457. The molecule has 0 spiro atoms. The highest BCUT2D eigenvalue weighted by Crippen LogP contribution is 2.28. The molecular weight excluding hydrogens is 314 g/mol. The van der Waals surface area contributed by atoms with E-state index in [4.69, 9.17) is 11.6 Å². The third kappa shape index (κ3) is 2.85. The first-order chi connectivity index (χ1) is 11.2. The summed E-state index contributed by atoms with van der Waals surface area (Å²) in [6, 6.07) is 9.74. The Morgan fingerprint density at radius 3 is 2.91 bits per heavy atom. The van der Waals surface area contributed by atoms with Gasteiger partial charge in [0.25, 0.3) is 0 Å². The Balaban J connectivity index is 1.77. The number of aromatic nitrogens is 3. The molecule has 0 amide bonds. The smallest absolute Gasteiger partial charge is 0.170 e. The van der Waals surface area contributed by atoms with Gasteiger partial charge in [0.05, 0.1) is 11.8 Å². The van der Waals surface area contributed by atoms with Crippen molar-refractivity contribution in [1.29, 1.82) is 0 Å². The van der Waals surface area contributed by atoms with Crippen molar-refractivity contribution < 1.29 is 4.79 Å². The zero-order chi connectivity index (χ0) is 15.8. The molecule has 0 unspecified atom stereocenters. The van der Waals surface area contributed by atoms with Crippen LogP contribution in [0.3, 0.4) is 0 Å². The Labute approximate surface area is 137 Å². The molecule has 7 heteroatoms. The molecule has 116 valence electrons. The van der Waals surface area contributed by atoms with Crippen molar-refractivity contribution in [2.45, 2.75) is 18.9 Å². The van der Waals surface area contributed by atoms with E-state index in [1.165, 1.54) is 6.20 Å². The van der Waals surface area contributed by atoms with Crippen molar-refractivity contribution >= 4 is 40.9 Å². The number of carbonyl (C=O) groups is 1. The van der Waals surface area contributed by atoms with Gasteiger partial charge in [-0.05, 0) is 31.0 Å². The zero-order valence-corrected chi connectivity index (χ0v) is 12.9. The van der Waals surface area contributed by atoms with E-state index in [-0.39, 0.29) is 0 Å². The molecule has 1 aliphatic rings. The first kappa shape index (κ1) is 14.0. The van der Waals surface area contributed by atoms with Crippen LogP contribution in [-0.4, -0.2) is 26.9 Å². The highest BCUT2D eigenvalue weighted by atomic mass is 35.5. The summed E-state index contributed by atoms with van der Waals surface area (Å²) in [5.41, 5.74) is 1.81. The maximum absolute atomic E-state index is 11.2. The maximum atomic E-state index is 11.2. The third-order valence-electron chi connectivity index (χ3n) is 3.65. The highest BCUT2D eigenvalue weighted by molar-refractivity contribution is 6.30. The van der Waals surface area contributed by atoms with Crippen LogP contribution in [0, 0.1) is 0 Å². The number of anilines is 3. The molecule has 1 aliphatic carbocycles. The second-order valence-corrected chi connectivity index (χ2v) is 5.97. The lowest BCUT2D eigenvalue weighted by Crippen LogP contribution is -2.09. The lowest BCUT2D eigenvalue weighted by molar-refractivity contribution is 0.112. The molecule has 3 aromatic rings. The summed E-state index contributed by atoms with van der Waals surface area (Å²) >= 11 is 6.01. The summed E-state index contributed by atoms with van der Waals surface area (Å²) < 4.78 is 1.66. The van der Waals surface area contributed by atoms with Crippen molar-refractivity contribution in [2.24, 2.45) is 0 Å². The Hall–Kier alpha value is -2.60. The van der Waals surface area contributed by atoms with Crippen LogP contribution in [0.25, 0.3) is 5.65 Å². The standard InChI is InChI=1S/C16H14ClN5O/c17-11-2-1-3-13(6-11)19-14-7-15(20-12-4-5-12)22-16(21-14)10(9-23)8-18-22/h1-3,6-9,12,20H,4-5H2,(H,19,21). The third-order valence-corrected chi connectivity index (χ3v) is 3.89. The van der Waals surface area contributed by atoms with E-state index in [2.05, 4.69) is 20.7 Å². The summed E-state index contributed by atoms with van der Waals surface area (Å²) in [7, 11) is 0. The van der Waals surface area contributed by atoms with Gasteiger partial charge in [-0.1, -0.05) is 17.7 Å². The number of fused-ring (bicyclic) bond motifs is 1. The highest BCUT2D eigenvalue weighted by Gasteiger charge is 2.23. The first-order valence-electron chi connectivity index (χ1n) is 7.36. The van der Waals surface area contributed by atoms with Crippen LogP contribution < -0.4 is 10.6 Å². The molecular formula is C16H14ClN5O. The molecule has 1 aromatic carbocycles. The van der Waals surface area contributed by atoms with Crippen molar-refractivity contribution in [1.82, 2.24) is 14.6 Å². The Bertz CT molecular complexity index is 887. The number of aldehydes is 1. The van der Waals surface area contributed by atoms with Crippen LogP contribution in [-0.2, 0) is 0 Å². The van der Waals surface area contributed by atoms with Crippen LogP contribution in [0.5, 0.6) is 0 Å². The van der Waals surface area contributed by atoms with Crippen molar-refractivity contribution in [2.75, 3.05) is 10.6 Å². The molecule has 4 rings (SSSR count). The van der Waals surface area contributed by atoms with Gasteiger partial charge in [0.2, 0.25) is 0 Å². The molecule has 1 fully saturated rings. The molecule has 2 aromatic heterocycles. The van der Waals surface area contributed by atoms with Crippen LogP contribution in [0.2, 0.25) is 5.02 Å². The molecule has 0 aliphatic heterocycles. The number of nitrogens with one attached hydrogen (secondary N) is 2. The predicted octanol–water partition coefficient (Wildman–Crippen LogP) is 3.51. The van der Waals surface area contributed by atoms with E-state index in [0.29, 0.717) is 28.1 Å². The number of benzene rings is 1. The van der Waals surface area contributed by atoms with Gasteiger partial charge in [-0.3, -0.25) is 4.79 Å². The SMILES string of the molecule is O=Cc1cnn2c(NC3CC3)cc(Nc3cccc(Cl)c3)nc12. The fourth-order valence-corrected chi connectivity index (χ4v) is 2.57. The molecule has 1 saturated carbocycles. The maximum Gasteiger partial charge on any atom is 0.170 e. The Morgan fingerprint density at radius 1 is 1.30 bits per heavy atom. The lowest BCUT2D eigenvalue weighted by atomic mass is 10.3. The van der Waals surface area contributed by atoms with Gasteiger partial charge in [-0.2, -0.15) is 9.61 Å². The van der Waals surface area contributed by atoms with Crippen LogP contribution >= 0.6 is 11.6 Å². The van der Waals surface area contributed by atoms with E-state index < -0.39 is 0 Å². The van der Waals surface area contributed by atoms with Gasteiger partial charge in [0.15, 0.2) is 11.9 Å². The summed E-state index contributed by atoms with van der Waals surface area (Å²) in [5, 5.41) is 11.5. The van der Waals surface area contributed by atoms with Crippen LogP contribution in [0.1, 0.15) is 23.2 Å². The fourth-order valence-electron chi connectivity index (χ4n) is 2.38. The predicted molar refractivity (Wildman–Crippen MR) is 89.8 cm³/mol. The second kappa shape index (κ2) is 5.55. The molecule has 23 heavy (non-hydrogen) atoms. The largest absolute Gasteiger partial charge is 0.367 e. The van der Waals surface area contributed by atoms with Crippen LogP contribution in [0.4, 0.5) is 17.3 Å². The molecule has 2 heterocycles. The molecule has 0 saturated heterocycles. The Morgan fingerprint density at radius 2 is 2.17 bits per heavy atom. The van der Waals surface area contributed by atoms with E-state index in [1.807, 2.05) is 30.3 Å². The second-order valence-electron chi connectivity index (χ2n) is 5.53. The average Bonchev–Trinajstić information content (AvgIpc) is 3.24. The lowest BCUT2D eigenvalue weighted by Gasteiger charge is -2.11. The molecule has 0 bridgehead atoms. The van der Waals surface area contributed by atoms with E-state index >= 15 is 0 Å². The average molecular weight is 328 g/mol. The van der Waals surface area contributed by atoms with Gasteiger partial charge < -0.3 is 10.6 Å². The summed E-state index contributed by atoms with van der Waals surface area (Å²) in [6.45, 7) is 0. The number of nitrogens with zero attached hydrogens (tertiary/aromatic N) is 3. The minimum atomic E-state index is 0.457. The van der Waals surface area contributed by atoms with Crippen molar-refractivity contribution in [3.63, 3.8) is 0 Å². The van der Waals surface area contributed by atoms with Gasteiger partial charge >= 0.3 is 0 Å². The number of rotatable bonds is 5. The summed E-state index contributed by atoms with van der Waals surface area (Å²) in [6.07, 6.45) is 4.57.